The number of carboxylic acid groups (broad SMARTS) is 1. The molecule has 26 nitrogen and oxygen atoms in total. The summed E-state index contributed by atoms with van der Waals surface area (Å²) in [5, 5.41) is 36.1. The van der Waals surface area contributed by atoms with Gasteiger partial charge >= 0.3 is 5.97 Å². The summed E-state index contributed by atoms with van der Waals surface area (Å²) in [7, 11) is 0. The quantitative estimate of drug-likeness (QED) is 0.0221. The lowest BCUT2D eigenvalue weighted by molar-refractivity contribution is -0.142. The maximum atomic E-state index is 14.3. The highest BCUT2D eigenvalue weighted by Gasteiger charge is 2.36. The number of hydrogen-bond acceptors (Lipinski definition) is 15. The number of H-pyrrole nitrogens is 4. The van der Waals surface area contributed by atoms with Crippen molar-refractivity contribution in [3.63, 3.8) is 0 Å². The molecule has 0 unspecified atom stereocenters. The summed E-state index contributed by atoms with van der Waals surface area (Å²) in [6, 6.07) is -9.46. The summed E-state index contributed by atoms with van der Waals surface area (Å²) < 4.78 is 0. The Hall–Kier alpha value is -7.03. The van der Waals surface area contributed by atoms with E-state index in [1.165, 1.54) is 57.0 Å². The van der Waals surface area contributed by atoms with Crippen LogP contribution in [0, 0.1) is 0 Å². The fraction of sp³-hybridized carbons (Fsp3) is 0.525. The molecule has 0 fully saturated rings. The van der Waals surface area contributed by atoms with Crippen LogP contribution in [0.4, 0.5) is 0 Å². The standard InChI is InChI=1S/C40H61N17O9/c1-22(58)33(57-38(63)31(12-25-16-46-20-50-25)53-34(59)27(43)6-2-4-8-41)39(64)55-30(11-24-15-45-19-49-24)37(62)54-29(10-23-14-44-18-48-23)36(61)52-28(7-3-5-9-42)35(60)56-32(40(65)66)13-26-17-47-21-51-26/h14-22,27-33,58H,2-13,41-43H2,1H3,(H,44,48)(H,45,49)(H,46,50)(H,47,51)(H,52,61)(H,53,59)(H,54,62)(H,55,64)(H,56,60)(H,57,63)(H,65,66)/t22-,27+,28+,29+,30+,31+,32+,33+/m1/s1. The second-order valence-electron chi connectivity index (χ2n) is 15.7. The summed E-state index contributed by atoms with van der Waals surface area (Å²) in [6.07, 6.45) is 11.4. The minimum atomic E-state index is -1.67. The zero-order chi connectivity index (χ0) is 48.0. The number of nitrogens with two attached hydrogens (primary N) is 3. The van der Waals surface area contributed by atoms with Crippen LogP contribution in [0.3, 0.4) is 0 Å². The molecule has 4 aromatic rings. The molecule has 0 saturated heterocycles. The summed E-state index contributed by atoms with van der Waals surface area (Å²) in [5.41, 5.74) is 19.0. The van der Waals surface area contributed by atoms with Gasteiger partial charge in [0.1, 0.15) is 36.3 Å². The van der Waals surface area contributed by atoms with Crippen LogP contribution in [0.25, 0.3) is 0 Å². The van der Waals surface area contributed by atoms with Gasteiger partial charge in [0.05, 0.1) is 37.5 Å². The summed E-state index contributed by atoms with van der Waals surface area (Å²) >= 11 is 0. The maximum Gasteiger partial charge on any atom is 0.326 e. The Kier molecular flexibility index (Phi) is 20.9. The first kappa shape index (κ1) is 51.6. The van der Waals surface area contributed by atoms with Crippen LogP contribution in [-0.2, 0) is 59.2 Å². The molecule has 0 aliphatic rings. The molecular formula is C40H61N17O9. The van der Waals surface area contributed by atoms with Crippen molar-refractivity contribution >= 4 is 41.4 Å². The highest BCUT2D eigenvalue weighted by molar-refractivity contribution is 5.97. The number of aliphatic carboxylic acids is 1. The molecule has 26 heteroatoms. The number of aromatic amines is 4. The predicted molar refractivity (Wildman–Crippen MR) is 234 cm³/mol. The topological polar surface area (TPSA) is 425 Å². The van der Waals surface area contributed by atoms with Gasteiger partial charge in [0.25, 0.3) is 0 Å². The van der Waals surface area contributed by atoms with E-state index >= 15 is 0 Å². The van der Waals surface area contributed by atoms with Crippen molar-refractivity contribution in [1.29, 1.82) is 0 Å². The molecule has 0 aliphatic heterocycles. The van der Waals surface area contributed by atoms with Gasteiger partial charge in [-0.2, -0.15) is 0 Å². The first-order valence-corrected chi connectivity index (χ1v) is 21.5. The van der Waals surface area contributed by atoms with Gasteiger partial charge in [0, 0.05) is 73.2 Å². The Balaban J connectivity index is 1.55. The predicted octanol–water partition coefficient (Wildman–Crippen LogP) is -4.19. The Morgan fingerprint density at radius 3 is 1.26 bits per heavy atom. The first-order chi connectivity index (χ1) is 31.7. The molecule has 0 aliphatic carbocycles. The molecule has 6 amide bonds. The zero-order valence-electron chi connectivity index (χ0n) is 36.5. The van der Waals surface area contributed by atoms with Gasteiger partial charge in [0.15, 0.2) is 0 Å². The molecule has 0 bridgehead atoms. The molecule has 4 rings (SSSR count). The molecule has 0 saturated carbocycles. The molecule has 0 aromatic carbocycles. The largest absolute Gasteiger partial charge is 0.480 e. The third-order valence-electron chi connectivity index (χ3n) is 10.4. The van der Waals surface area contributed by atoms with Crippen molar-refractivity contribution in [3.05, 3.63) is 72.9 Å². The van der Waals surface area contributed by atoms with Crippen molar-refractivity contribution in [3.8, 4) is 0 Å². The number of imidazole rings is 4. The molecule has 0 radical (unpaired) electrons. The lowest BCUT2D eigenvalue weighted by Gasteiger charge is -2.28. The smallest absolute Gasteiger partial charge is 0.326 e. The van der Waals surface area contributed by atoms with E-state index in [4.69, 9.17) is 17.2 Å². The molecule has 360 valence electrons. The average Bonchev–Trinajstić information content (AvgIpc) is 4.15. The van der Waals surface area contributed by atoms with E-state index in [1.54, 1.807) is 0 Å². The van der Waals surface area contributed by atoms with Crippen LogP contribution in [0.15, 0.2) is 50.1 Å². The third kappa shape index (κ3) is 16.8. The van der Waals surface area contributed by atoms with E-state index in [9.17, 15) is 43.8 Å². The van der Waals surface area contributed by atoms with E-state index in [2.05, 4.69) is 71.8 Å². The Morgan fingerprint density at radius 1 is 0.515 bits per heavy atom. The van der Waals surface area contributed by atoms with Crippen molar-refractivity contribution in [1.82, 2.24) is 71.8 Å². The van der Waals surface area contributed by atoms with Gasteiger partial charge < -0.3 is 79.3 Å². The summed E-state index contributed by atoms with van der Waals surface area (Å²) in [4.78, 5) is 122. The van der Waals surface area contributed by atoms with Crippen molar-refractivity contribution in [2.75, 3.05) is 13.1 Å². The van der Waals surface area contributed by atoms with Crippen LogP contribution in [0.2, 0.25) is 0 Å². The number of nitrogens with one attached hydrogen (secondary N) is 10. The number of unbranched alkanes of at least 4 members (excludes halogenated alkanes) is 2. The van der Waals surface area contributed by atoms with Crippen LogP contribution < -0.4 is 49.1 Å². The van der Waals surface area contributed by atoms with Gasteiger partial charge in [-0.15, -0.1) is 0 Å². The average molecular weight is 924 g/mol. The number of hydrogen-bond donors (Lipinski definition) is 15. The summed E-state index contributed by atoms with van der Waals surface area (Å²) in [5.74, 6) is -6.35. The van der Waals surface area contributed by atoms with Gasteiger partial charge in [-0.25, -0.2) is 24.7 Å². The van der Waals surface area contributed by atoms with Gasteiger partial charge in [0.2, 0.25) is 35.4 Å². The van der Waals surface area contributed by atoms with E-state index < -0.39 is 89.8 Å². The van der Waals surface area contributed by atoms with Crippen LogP contribution in [0.1, 0.15) is 68.2 Å². The highest BCUT2D eigenvalue weighted by Crippen LogP contribution is 2.10. The minimum Gasteiger partial charge on any atom is -0.480 e. The summed E-state index contributed by atoms with van der Waals surface area (Å²) in [6.45, 7) is 1.94. The van der Waals surface area contributed by atoms with Gasteiger partial charge in [-0.3, -0.25) is 28.8 Å². The number of carbonyl (C=O) groups excluding carboxylic acids is 6. The molecule has 4 heterocycles. The molecule has 4 aromatic heterocycles. The molecular weight excluding hydrogens is 863 g/mol. The number of aliphatic hydroxyl groups excluding tert-OH is 1. The Labute approximate surface area is 379 Å². The number of aromatic nitrogens is 8. The number of carbonyl (C=O) groups is 7. The van der Waals surface area contributed by atoms with Crippen LogP contribution in [0.5, 0.6) is 0 Å². The van der Waals surface area contributed by atoms with Gasteiger partial charge in [-0.05, 0) is 52.1 Å². The number of carboxylic acids is 1. The normalized spacial score (nSPS) is 14.9. The van der Waals surface area contributed by atoms with E-state index in [0.29, 0.717) is 61.4 Å². The molecule has 0 spiro atoms. The third-order valence-corrected chi connectivity index (χ3v) is 10.4. The second-order valence-corrected chi connectivity index (χ2v) is 15.7. The highest BCUT2D eigenvalue weighted by atomic mass is 16.4. The first-order valence-electron chi connectivity index (χ1n) is 21.5. The number of amides is 6. The van der Waals surface area contributed by atoms with E-state index in [0.717, 1.165) is 0 Å². The second kappa shape index (κ2) is 26.7. The molecule has 8 atom stereocenters. The van der Waals surface area contributed by atoms with Crippen molar-refractivity contribution in [2.45, 2.75) is 120 Å². The van der Waals surface area contributed by atoms with Crippen molar-refractivity contribution in [2.24, 2.45) is 17.2 Å². The lowest BCUT2D eigenvalue weighted by Crippen LogP contribution is -2.62. The Bertz CT molecular complexity index is 2100. The zero-order valence-corrected chi connectivity index (χ0v) is 36.5. The number of rotatable bonds is 30. The monoisotopic (exact) mass is 923 g/mol. The fourth-order valence-corrected chi connectivity index (χ4v) is 6.71. The number of aliphatic hydroxyl groups is 1. The molecule has 18 N–H and O–H groups in total. The van der Waals surface area contributed by atoms with E-state index in [-0.39, 0.29) is 38.6 Å². The minimum absolute atomic E-state index is 0.0644. The van der Waals surface area contributed by atoms with Crippen LogP contribution in [-0.4, -0.2) is 153 Å². The number of nitrogens with zero attached hydrogens (tertiary/aromatic N) is 4. The van der Waals surface area contributed by atoms with Crippen molar-refractivity contribution < 1.29 is 43.8 Å². The lowest BCUT2D eigenvalue weighted by atomic mass is 10.0. The SMILES string of the molecule is C[C@@H](O)[C@H](NC(=O)[C@H](Cc1cnc[nH]1)NC(=O)[C@@H](N)CCCCN)C(=O)N[C@@H](Cc1cnc[nH]1)C(=O)N[C@@H](Cc1cnc[nH]1)C(=O)N[C@@H](CCCCN)C(=O)N[C@@H](Cc1cnc[nH]1)C(=O)O. The Morgan fingerprint density at radius 2 is 0.864 bits per heavy atom. The molecule has 66 heavy (non-hydrogen) atoms. The fourth-order valence-electron chi connectivity index (χ4n) is 6.71. The van der Waals surface area contributed by atoms with E-state index in [1.807, 2.05) is 0 Å². The maximum absolute atomic E-state index is 14.3. The van der Waals surface area contributed by atoms with Crippen LogP contribution >= 0.6 is 0 Å². The van der Waals surface area contributed by atoms with Gasteiger partial charge in [-0.1, -0.05) is 6.42 Å².